The Bertz CT molecular complexity index is 1240. The number of hydrogen-bond donors (Lipinski definition) is 1. The summed E-state index contributed by atoms with van der Waals surface area (Å²) in [5.41, 5.74) is 1.89. The second-order valence-corrected chi connectivity index (χ2v) is 7.95. The van der Waals surface area contributed by atoms with Gasteiger partial charge in [-0.3, -0.25) is 14.5 Å². The van der Waals surface area contributed by atoms with Crippen molar-refractivity contribution in [2.45, 2.75) is 13.0 Å². The molecule has 0 aliphatic carbocycles. The number of Topliss-reactive ketones (excluding diaryl/α,β-unsaturated/α-hetero) is 1. The van der Waals surface area contributed by atoms with Crippen LogP contribution in [0.15, 0.2) is 72.3 Å². The van der Waals surface area contributed by atoms with Gasteiger partial charge in [-0.2, -0.15) is 0 Å². The van der Waals surface area contributed by atoms with E-state index in [-0.39, 0.29) is 26.9 Å². The Morgan fingerprint density at radius 1 is 0.968 bits per heavy atom. The summed E-state index contributed by atoms with van der Waals surface area (Å²) in [4.78, 5) is 27.5. The monoisotopic (exact) mass is 455 g/mol. The van der Waals surface area contributed by atoms with Gasteiger partial charge in [0, 0.05) is 11.3 Å². The number of carbonyl (C=O) groups is 2. The van der Waals surface area contributed by atoms with Crippen LogP contribution in [0, 0.1) is 12.7 Å². The van der Waals surface area contributed by atoms with Gasteiger partial charge in [0.25, 0.3) is 11.7 Å². The molecular weight excluding hydrogens is 440 g/mol. The van der Waals surface area contributed by atoms with E-state index in [1.54, 1.807) is 12.1 Å². The quantitative estimate of drug-likeness (QED) is 0.296. The number of para-hydroxylation sites is 1. The number of carbonyl (C=O) groups excluding carboxylic acids is 2. The molecule has 4 nitrogen and oxygen atoms in total. The van der Waals surface area contributed by atoms with Crippen molar-refractivity contribution in [1.82, 2.24) is 0 Å². The number of aryl methyl sites for hydroxylation is 1. The molecule has 1 fully saturated rings. The molecule has 0 saturated carbocycles. The van der Waals surface area contributed by atoms with Crippen molar-refractivity contribution in [3.8, 4) is 0 Å². The zero-order valence-electron chi connectivity index (χ0n) is 16.3. The Kier molecular flexibility index (Phi) is 5.56. The van der Waals surface area contributed by atoms with Crippen molar-refractivity contribution in [1.29, 1.82) is 0 Å². The zero-order chi connectivity index (χ0) is 22.3. The number of benzene rings is 3. The van der Waals surface area contributed by atoms with Crippen LogP contribution in [0.3, 0.4) is 0 Å². The minimum atomic E-state index is -0.948. The zero-order valence-corrected chi connectivity index (χ0v) is 17.8. The molecule has 1 aliphatic heterocycles. The van der Waals surface area contributed by atoms with E-state index in [4.69, 9.17) is 23.2 Å². The van der Waals surface area contributed by atoms with E-state index >= 15 is 0 Å². The Morgan fingerprint density at radius 2 is 1.65 bits per heavy atom. The minimum Gasteiger partial charge on any atom is -0.507 e. The molecule has 1 unspecified atom stereocenters. The number of hydrogen-bond acceptors (Lipinski definition) is 3. The molecule has 1 amide bonds. The fourth-order valence-electron chi connectivity index (χ4n) is 3.67. The largest absolute Gasteiger partial charge is 0.507 e. The van der Waals surface area contributed by atoms with Gasteiger partial charge in [0.05, 0.1) is 21.7 Å². The molecule has 1 heterocycles. The summed E-state index contributed by atoms with van der Waals surface area (Å²) in [6.07, 6.45) is 0. The van der Waals surface area contributed by atoms with Gasteiger partial charge in [0.1, 0.15) is 11.6 Å². The van der Waals surface area contributed by atoms with E-state index in [9.17, 15) is 19.1 Å². The van der Waals surface area contributed by atoms with Crippen LogP contribution in [-0.4, -0.2) is 16.8 Å². The van der Waals surface area contributed by atoms with Gasteiger partial charge in [-0.05, 0) is 54.4 Å². The molecule has 0 radical (unpaired) electrons. The van der Waals surface area contributed by atoms with Crippen LogP contribution in [0.25, 0.3) is 5.76 Å². The van der Waals surface area contributed by atoms with Gasteiger partial charge >= 0.3 is 0 Å². The second-order valence-electron chi connectivity index (χ2n) is 7.14. The molecule has 31 heavy (non-hydrogen) atoms. The number of aliphatic hydroxyl groups excluding tert-OH is 1. The van der Waals surface area contributed by atoms with Crippen molar-refractivity contribution >= 4 is 46.3 Å². The number of nitrogens with zero attached hydrogens (tertiary/aromatic N) is 1. The third-order valence-electron chi connectivity index (χ3n) is 5.20. The first-order valence-corrected chi connectivity index (χ1v) is 10.1. The Hall–Kier alpha value is -3.15. The highest BCUT2D eigenvalue weighted by Gasteiger charge is 2.47. The molecule has 7 heteroatoms. The fraction of sp³-hybridized carbons (Fsp3) is 0.0833. The van der Waals surface area contributed by atoms with E-state index < -0.39 is 23.5 Å². The van der Waals surface area contributed by atoms with E-state index in [1.807, 2.05) is 19.1 Å². The highest BCUT2D eigenvalue weighted by atomic mass is 35.5. The van der Waals surface area contributed by atoms with Crippen LogP contribution in [-0.2, 0) is 9.59 Å². The van der Waals surface area contributed by atoms with E-state index in [0.29, 0.717) is 11.3 Å². The first-order valence-electron chi connectivity index (χ1n) is 9.37. The lowest BCUT2D eigenvalue weighted by molar-refractivity contribution is -0.132. The lowest BCUT2D eigenvalue weighted by atomic mass is 9.95. The molecular formula is C24H16Cl2FNO3. The topological polar surface area (TPSA) is 57.6 Å². The minimum absolute atomic E-state index is 0.113. The van der Waals surface area contributed by atoms with Crippen molar-refractivity contribution in [2.75, 3.05) is 4.90 Å². The van der Waals surface area contributed by atoms with Crippen LogP contribution >= 0.6 is 23.2 Å². The predicted octanol–water partition coefficient (Wildman–Crippen LogP) is 6.07. The van der Waals surface area contributed by atoms with Gasteiger partial charge in [-0.25, -0.2) is 4.39 Å². The molecule has 156 valence electrons. The fourth-order valence-corrected chi connectivity index (χ4v) is 3.97. The Labute approximate surface area is 188 Å². The van der Waals surface area contributed by atoms with Crippen molar-refractivity contribution < 1.29 is 19.1 Å². The van der Waals surface area contributed by atoms with E-state index in [1.165, 1.54) is 47.4 Å². The summed E-state index contributed by atoms with van der Waals surface area (Å²) in [7, 11) is 0. The standard InChI is InChI=1S/C24H16Cl2FNO3/c1-13-4-2-3-5-19(13)28-21(14-6-9-16(27)10-7-14)20(23(30)24(28)31)22(29)15-8-11-17(25)18(26)12-15/h2-12,21,29H,1H3/b22-20-. The second kappa shape index (κ2) is 8.17. The maximum Gasteiger partial charge on any atom is 0.300 e. The van der Waals surface area contributed by atoms with Crippen molar-refractivity contribution in [3.05, 3.63) is 105 Å². The maximum atomic E-state index is 13.6. The van der Waals surface area contributed by atoms with Gasteiger partial charge in [0.2, 0.25) is 0 Å². The molecule has 0 spiro atoms. The maximum absolute atomic E-state index is 13.6. The average molecular weight is 456 g/mol. The number of anilines is 1. The predicted molar refractivity (Wildman–Crippen MR) is 119 cm³/mol. The van der Waals surface area contributed by atoms with Gasteiger partial charge in [-0.15, -0.1) is 0 Å². The molecule has 1 aliphatic rings. The highest BCUT2D eigenvalue weighted by molar-refractivity contribution is 6.52. The highest BCUT2D eigenvalue weighted by Crippen LogP contribution is 2.43. The first-order chi connectivity index (χ1) is 14.8. The summed E-state index contributed by atoms with van der Waals surface area (Å²) >= 11 is 12.0. The number of halogens is 3. The number of rotatable bonds is 3. The molecule has 1 saturated heterocycles. The smallest absolute Gasteiger partial charge is 0.300 e. The molecule has 3 aromatic carbocycles. The number of ketones is 1. The van der Waals surface area contributed by atoms with Crippen LogP contribution in [0.2, 0.25) is 10.0 Å². The Balaban J connectivity index is 1.97. The molecule has 1 N–H and O–H groups in total. The molecule has 4 rings (SSSR count). The van der Waals surface area contributed by atoms with E-state index in [0.717, 1.165) is 5.56 Å². The molecule has 3 aromatic rings. The Morgan fingerprint density at radius 3 is 2.29 bits per heavy atom. The van der Waals surface area contributed by atoms with Gasteiger partial charge in [-0.1, -0.05) is 53.5 Å². The summed E-state index contributed by atoms with van der Waals surface area (Å²) < 4.78 is 13.6. The SMILES string of the molecule is Cc1ccccc1N1C(=O)C(=O)/C(=C(\O)c2ccc(Cl)c(Cl)c2)C1c1ccc(F)cc1. The van der Waals surface area contributed by atoms with Crippen LogP contribution in [0.5, 0.6) is 0 Å². The summed E-state index contributed by atoms with van der Waals surface area (Å²) in [5, 5.41) is 11.5. The molecule has 1 atom stereocenters. The number of amides is 1. The van der Waals surface area contributed by atoms with Crippen molar-refractivity contribution in [2.24, 2.45) is 0 Å². The lowest BCUT2D eigenvalue weighted by Crippen LogP contribution is -2.30. The lowest BCUT2D eigenvalue weighted by Gasteiger charge is -2.26. The van der Waals surface area contributed by atoms with Crippen LogP contribution < -0.4 is 4.90 Å². The van der Waals surface area contributed by atoms with Crippen molar-refractivity contribution in [3.63, 3.8) is 0 Å². The normalized spacial score (nSPS) is 17.9. The van der Waals surface area contributed by atoms with Crippen LogP contribution in [0.4, 0.5) is 10.1 Å². The molecule has 0 aromatic heterocycles. The first kappa shape index (κ1) is 21.1. The molecule has 0 bridgehead atoms. The van der Waals surface area contributed by atoms with Gasteiger partial charge < -0.3 is 5.11 Å². The van der Waals surface area contributed by atoms with E-state index in [2.05, 4.69) is 0 Å². The summed E-state index contributed by atoms with van der Waals surface area (Å²) in [5.74, 6) is -2.48. The third kappa shape index (κ3) is 3.71. The summed E-state index contributed by atoms with van der Waals surface area (Å²) in [6.45, 7) is 1.81. The van der Waals surface area contributed by atoms with Gasteiger partial charge in [0.15, 0.2) is 0 Å². The summed E-state index contributed by atoms with van der Waals surface area (Å²) in [6, 6.07) is 16.0. The van der Waals surface area contributed by atoms with Crippen LogP contribution in [0.1, 0.15) is 22.7 Å². The average Bonchev–Trinajstić information content (AvgIpc) is 3.01. The number of aliphatic hydroxyl groups is 1. The third-order valence-corrected chi connectivity index (χ3v) is 5.94.